The molecule has 1 unspecified atom stereocenters. The van der Waals surface area contributed by atoms with Gasteiger partial charge in [-0.2, -0.15) is 4.98 Å². The van der Waals surface area contributed by atoms with Gasteiger partial charge in [-0.3, -0.25) is 0 Å². The van der Waals surface area contributed by atoms with E-state index in [0.29, 0.717) is 11.7 Å². The van der Waals surface area contributed by atoms with Gasteiger partial charge in [-0.25, -0.2) is 0 Å². The molecule has 102 valence electrons. The van der Waals surface area contributed by atoms with Crippen LogP contribution in [0.4, 0.5) is 0 Å². The molecule has 0 aliphatic rings. The van der Waals surface area contributed by atoms with Crippen LogP contribution in [0.2, 0.25) is 0 Å². The molecule has 0 saturated heterocycles. The Kier molecular flexibility index (Phi) is 3.45. The van der Waals surface area contributed by atoms with Gasteiger partial charge in [0.2, 0.25) is 0 Å². The maximum Gasteiger partial charge on any atom is 0.258 e. The van der Waals surface area contributed by atoms with Gasteiger partial charge in [0.05, 0.1) is 6.04 Å². The molecule has 19 heavy (non-hydrogen) atoms. The van der Waals surface area contributed by atoms with Gasteiger partial charge in [-0.1, -0.05) is 43.6 Å². The van der Waals surface area contributed by atoms with Crippen molar-refractivity contribution in [1.29, 1.82) is 0 Å². The first-order chi connectivity index (χ1) is 8.79. The van der Waals surface area contributed by atoms with E-state index in [2.05, 4.69) is 43.9 Å². The number of rotatable bonds is 2. The lowest BCUT2D eigenvalue weighted by Gasteiger charge is -2.23. The Labute approximate surface area is 114 Å². The zero-order valence-electron chi connectivity index (χ0n) is 12.2. The number of hydrogen-bond acceptors (Lipinski definition) is 4. The molecule has 1 atom stereocenters. The van der Waals surface area contributed by atoms with E-state index >= 15 is 0 Å². The molecule has 0 spiro atoms. The monoisotopic (exact) mass is 259 g/mol. The first kappa shape index (κ1) is 13.7. The lowest BCUT2D eigenvalue weighted by molar-refractivity contribution is 0.303. The topological polar surface area (TPSA) is 64.9 Å². The van der Waals surface area contributed by atoms with Gasteiger partial charge >= 0.3 is 0 Å². The van der Waals surface area contributed by atoms with Crippen LogP contribution in [-0.2, 0) is 0 Å². The zero-order valence-corrected chi connectivity index (χ0v) is 12.2. The van der Waals surface area contributed by atoms with Crippen molar-refractivity contribution in [3.8, 4) is 11.5 Å². The number of aromatic nitrogens is 2. The molecule has 1 aromatic heterocycles. The minimum Gasteiger partial charge on any atom is -0.334 e. The molecule has 0 aliphatic carbocycles. The van der Waals surface area contributed by atoms with E-state index in [0.717, 1.165) is 11.1 Å². The number of benzene rings is 1. The summed E-state index contributed by atoms with van der Waals surface area (Å²) in [5.41, 5.74) is 9.35. The van der Waals surface area contributed by atoms with Crippen molar-refractivity contribution in [3.63, 3.8) is 0 Å². The Morgan fingerprint density at radius 2 is 1.89 bits per heavy atom. The fraction of sp³-hybridized carbons (Fsp3) is 0.467. The molecule has 2 aromatic rings. The second kappa shape index (κ2) is 4.78. The third kappa shape index (κ3) is 2.84. The normalized spacial score (nSPS) is 13.6. The Morgan fingerprint density at radius 3 is 2.47 bits per heavy atom. The quantitative estimate of drug-likeness (QED) is 0.897. The Morgan fingerprint density at radius 1 is 1.21 bits per heavy atom. The molecule has 1 aromatic carbocycles. The molecule has 2 rings (SSSR count). The molecule has 1 heterocycles. The predicted molar refractivity (Wildman–Crippen MR) is 75.6 cm³/mol. The fourth-order valence-electron chi connectivity index (χ4n) is 1.91. The van der Waals surface area contributed by atoms with Crippen LogP contribution in [0.1, 0.15) is 43.8 Å². The smallest absolute Gasteiger partial charge is 0.258 e. The maximum atomic E-state index is 6.14. The van der Waals surface area contributed by atoms with Crippen molar-refractivity contribution in [1.82, 2.24) is 10.1 Å². The van der Waals surface area contributed by atoms with Crippen molar-refractivity contribution >= 4 is 0 Å². The number of hydrogen-bond donors (Lipinski definition) is 1. The average Bonchev–Trinajstić information content (AvgIpc) is 2.75. The molecule has 4 nitrogen and oxygen atoms in total. The van der Waals surface area contributed by atoms with Gasteiger partial charge in [0.1, 0.15) is 0 Å². The van der Waals surface area contributed by atoms with E-state index in [9.17, 15) is 0 Å². The van der Waals surface area contributed by atoms with E-state index < -0.39 is 0 Å². The molecule has 0 saturated carbocycles. The first-order valence-corrected chi connectivity index (χ1v) is 6.46. The first-order valence-electron chi connectivity index (χ1n) is 6.46. The lowest BCUT2D eigenvalue weighted by Crippen LogP contribution is -2.27. The lowest BCUT2D eigenvalue weighted by atomic mass is 9.87. The van der Waals surface area contributed by atoms with Gasteiger partial charge in [0.25, 0.3) is 5.89 Å². The van der Waals surface area contributed by atoms with Gasteiger partial charge in [0.15, 0.2) is 5.82 Å². The van der Waals surface area contributed by atoms with Crippen molar-refractivity contribution in [2.24, 2.45) is 11.1 Å². The number of aryl methyl sites for hydroxylation is 2. The highest BCUT2D eigenvalue weighted by molar-refractivity contribution is 5.58. The van der Waals surface area contributed by atoms with E-state index in [1.165, 1.54) is 5.56 Å². The number of nitrogens with zero attached hydrogens (tertiary/aromatic N) is 2. The van der Waals surface area contributed by atoms with Crippen LogP contribution < -0.4 is 5.73 Å². The van der Waals surface area contributed by atoms with E-state index in [4.69, 9.17) is 10.3 Å². The highest BCUT2D eigenvalue weighted by Gasteiger charge is 2.27. The van der Waals surface area contributed by atoms with Gasteiger partial charge in [0, 0.05) is 5.56 Å². The summed E-state index contributed by atoms with van der Waals surface area (Å²) in [6, 6.07) is 5.90. The second-order valence-corrected chi connectivity index (χ2v) is 6.12. The van der Waals surface area contributed by atoms with Crippen LogP contribution in [0.25, 0.3) is 11.5 Å². The van der Waals surface area contributed by atoms with Crippen LogP contribution >= 0.6 is 0 Å². The summed E-state index contributed by atoms with van der Waals surface area (Å²) in [5, 5.41) is 4.01. The third-order valence-electron chi connectivity index (χ3n) is 3.27. The minimum absolute atomic E-state index is 0.0938. The van der Waals surface area contributed by atoms with E-state index in [1.807, 2.05) is 19.1 Å². The summed E-state index contributed by atoms with van der Waals surface area (Å²) >= 11 is 0. The van der Waals surface area contributed by atoms with Crippen LogP contribution in [0.15, 0.2) is 22.7 Å². The molecule has 2 N–H and O–H groups in total. The average molecular weight is 259 g/mol. The maximum absolute atomic E-state index is 6.14. The summed E-state index contributed by atoms with van der Waals surface area (Å²) in [5.74, 6) is 1.09. The molecule has 0 amide bonds. The molecular weight excluding hydrogens is 238 g/mol. The van der Waals surface area contributed by atoms with Crippen molar-refractivity contribution in [3.05, 3.63) is 35.2 Å². The largest absolute Gasteiger partial charge is 0.334 e. The van der Waals surface area contributed by atoms with Crippen LogP contribution in [0.5, 0.6) is 0 Å². The Balaban J connectivity index is 2.36. The summed E-state index contributed by atoms with van der Waals surface area (Å²) < 4.78 is 5.35. The Hall–Kier alpha value is -1.68. The van der Waals surface area contributed by atoms with Gasteiger partial charge in [-0.15, -0.1) is 0 Å². The van der Waals surface area contributed by atoms with E-state index in [-0.39, 0.29) is 11.5 Å². The van der Waals surface area contributed by atoms with Crippen LogP contribution in [0, 0.1) is 19.3 Å². The zero-order chi connectivity index (χ0) is 14.2. The van der Waals surface area contributed by atoms with Crippen LogP contribution in [-0.4, -0.2) is 10.1 Å². The standard InChI is InChI=1S/C15H21N3O/c1-9-6-7-11(10(2)8-9)14-17-13(18-19-14)12(16)15(3,4)5/h6-8,12H,16H2,1-5H3. The second-order valence-electron chi connectivity index (χ2n) is 6.12. The molecule has 0 radical (unpaired) electrons. The third-order valence-corrected chi connectivity index (χ3v) is 3.27. The van der Waals surface area contributed by atoms with Gasteiger partial charge < -0.3 is 10.3 Å². The SMILES string of the molecule is Cc1ccc(-c2nc(C(N)C(C)(C)C)no2)c(C)c1. The van der Waals surface area contributed by atoms with Crippen molar-refractivity contribution < 1.29 is 4.52 Å². The van der Waals surface area contributed by atoms with Gasteiger partial charge in [-0.05, 0) is 30.9 Å². The summed E-state index contributed by atoms with van der Waals surface area (Å²) in [7, 11) is 0. The minimum atomic E-state index is -0.240. The highest BCUT2D eigenvalue weighted by atomic mass is 16.5. The number of nitrogens with two attached hydrogens (primary N) is 1. The summed E-state index contributed by atoms with van der Waals surface area (Å²) in [4.78, 5) is 4.43. The molecule has 0 bridgehead atoms. The molecule has 0 fully saturated rings. The predicted octanol–water partition coefficient (Wildman–Crippen LogP) is 3.40. The molecule has 0 aliphatic heterocycles. The fourth-order valence-corrected chi connectivity index (χ4v) is 1.91. The van der Waals surface area contributed by atoms with E-state index in [1.54, 1.807) is 0 Å². The molecule has 4 heteroatoms. The summed E-state index contributed by atoms with van der Waals surface area (Å²) in [6.07, 6.45) is 0. The Bertz CT molecular complexity index is 581. The highest BCUT2D eigenvalue weighted by Crippen LogP contribution is 2.30. The van der Waals surface area contributed by atoms with Crippen LogP contribution in [0.3, 0.4) is 0 Å². The molecular formula is C15H21N3O. The van der Waals surface area contributed by atoms with Crippen molar-refractivity contribution in [2.45, 2.75) is 40.7 Å². The van der Waals surface area contributed by atoms with Crippen molar-refractivity contribution in [2.75, 3.05) is 0 Å². The summed E-state index contributed by atoms with van der Waals surface area (Å²) in [6.45, 7) is 10.3.